The van der Waals surface area contributed by atoms with Gasteiger partial charge in [0.2, 0.25) is 5.88 Å². The van der Waals surface area contributed by atoms with Crippen LogP contribution in [0.15, 0.2) is 24.3 Å². The molecule has 0 bridgehead atoms. The first-order valence-electron chi connectivity index (χ1n) is 7.10. The van der Waals surface area contributed by atoms with Gasteiger partial charge in [0.05, 0.1) is 7.11 Å². The number of ether oxygens (including phenoxy) is 1. The average molecular weight is 339 g/mol. The molecule has 25 heavy (non-hydrogen) atoms. The summed E-state index contributed by atoms with van der Waals surface area (Å²) in [6.45, 7) is 0. The van der Waals surface area contributed by atoms with E-state index in [4.69, 9.17) is 4.74 Å². The first kappa shape index (κ1) is 17.7. The van der Waals surface area contributed by atoms with Gasteiger partial charge in [-0.25, -0.2) is 9.18 Å². The van der Waals surface area contributed by atoms with Crippen LogP contribution in [-0.4, -0.2) is 37.1 Å². The van der Waals surface area contributed by atoms with Gasteiger partial charge in [-0.3, -0.25) is 5.32 Å². The van der Waals surface area contributed by atoms with Crippen LogP contribution in [-0.2, 0) is 0 Å². The topological polar surface area (TPSA) is 102 Å². The molecular formula is C17H14FN5O2. The van der Waals surface area contributed by atoms with E-state index in [1.165, 1.54) is 44.3 Å². The van der Waals surface area contributed by atoms with Gasteiger partial charge in [0.1, 0.15) is 29.1 Å². The molecule has 2 amide bonds. The Bertz CT molecular complexity index is 912. The third-order valence-electron chi connectivity index (χ3n) is 3.36. The Morgan fingerprint density at radius 3 is 2.40 bits per heavy atom. The molecule has 0 aliphatic heterocycles. The number of benzene rings is 1. The average Bonchev–Trinajstić information content (AvgIpc) is 2.60. The summed E-state index contributed by atoms with van der Waals surface area (Å²) < 4.78 is 19.4. The Morgan fingerprint density at radius 2 is 1.88 bits per heavy atom. The van der Waals surface area contributed by atoms with Crippen molar-refractivity contribution in [2.24, 2.45) is 0 Å². The highest BCUT2D eigenvalue weighted by molar-refractivity contribution is 5.93. The number of aromatic nitrogens is 1. The van der Waals surface area contributed by atoms with Crippen LogP contribution < -0.4 is 10.1 Å². The van der Waals surface area contributed by atoms with E-state index in [0.29, 0.717) is 0 Å². The van der Waals surface area contributed by atoms with Crippen molar-refractivity contribution in [3.8, 4) is 29.1 Å². The molecule has 0 saturated carbocycles. The number of anilines is 1. The fourth-order valence-electron chi connectivity index (χ4n) is 2.16. The molecule has 0 unspecified atom stereocenters. The quantitative estimate of drug-likeness (QED) is 0.926. The molecular weight excluding hydrogens is 325 g/mol. The zero-order valence-electron chi connectivity index (χ0n) is 13.8. The predicted octanol–water partition coefficient (Wildman–Crippen LogP) is 2.73. The molecule has 0 fully saturated rings. The maximum atomic E-state index is 14.3. The summed E-state index contributed by atoms with van der Waals surface area (Å²) in [5.74, 6) is -0.849. The van der Waals surface area contributed by atoms with Crippen LogP contribution in [0.25, 0.3) is 11.1 Å². The smallest absolute Gasteiger partial charge is 0.322 e. The Labute approximate surface area is 143 Å². The van der Waals surface area contributed by atoms with Crippen LogP contribution in [0.2, 0.25) is 0 Å². The number of nitrogens with zero attached hydrogens (tertiary/aromatic N) is 4. The number of nitriles is 2. The van der Waals surface area contributed by atoms with Crippen molar-refractivity contribution in [1.82, 2.24) is 9.88 Å². The first-order valence-corrected chi connectivity index (χ1v) is 7.10. The molecule has 0 radical (unpaired) electrons. The summed E-state index contributed by atoms with van der Waals surface area (Å²) in [4.78, 5) is 17.2. The molecule has 0 saturated heterocycles. The van der Waals surface area contributed by atoms with E-state index < -0.39 is 11.8 Å². The van der Waals surface area contributed by atoms with Crippen molar-refractivity contribution in [2.45, 2.75) is 0 Å². The maximum absolute atomic E-state index is 14.3. The van der Waals surface area contributed by atoms with Crippen molar-refractivity contribution < 1.29 is 13.9 Å². The number of amides is 2. The molecule has 0 aliphatic rings. The monoisotopic (exact) mass is 339 g/mol. The summed E-state index contributed by atoms with van der Waals surface area (Å²) in [6.07, 6.45) is 0. The van der Waals surface area contributed by atoms with Crippen LogP contribution in [0.4, 0.5) is 15.0 Å². The van der Waals surface area contributed by atoms with Gasteiger partial charge in [-0.05, 0) is 6.07 Å². The fourth-order valence-corrected chi connectivity index (χ4v) is 2.16. The van der Waals surface area contributed by atoms with Crippen molar-refractivity contribution >= 4 is 11.8 Å². The normalized spacial score (nSPS) is 9.68. The number of carbonyl (C=O) groups is 1. The van der Waals surface area contributed by atoms with Crippen LogP contribution in [0.1, 0.15) is 11.1 Å². The molecule has 1 heterocycles. The number of urea groups is 1. The predicted molar refractivity (Wildman–Crippen MR) is 88.3 cm³/mol. The second kappa shape index (κ2) is 7.28. The molecule has 2 aromatic rings. The van der Waals surface area contributed by atoms with Crippen molar-refractivity contribution in [3.05, 3.63) is 41.2 Å². The lowest BCUT2D eigenvalue weighted by Crippen LogP contribution is -2.28. The number of pyridine rings is 1. The van der Waals surface area contributed by atoms with Crippen LogP contribution >= 0.6 is 0 Å². The Hall–Kier alpha value is -3.65. The minimum Gasteiger partial charge on any atom is -0.480 e. The van der Waals surface area contributed by atoms with Crippen LogP contribution in [0.5, 0.6) is 5.88 Å². The zero-order valence-corrected chi connectivity index (χ0v) is 13.8. The second-order valence-corrected chi connectivity index (χ2v) is 5.12. The number of halogens is 1. The molecule has 0 aliphatic carbocycles. The van der Waals surface area contributed by atoms with Gasteiger partial charge >= 0.3 is 6.03 Å². The lowest BCUT2D eigenvalue weighted by atomic mass is 9.96. The van der Waals surface area contributed by atoms with E-state index in [0.717, 1.165) is 0 Å². The van der Waals surface area contributed by atoms with E-state index in [1.807, 2.05) is 12.1 Å². The summed E-state index contributed by atoms with van der Waals surface area (Å²) in [6, 6.07) is 8.96. The molecule has 2 rings (SSSR count). The highest BCUT2D eigenvalue weighted by Gasteiger charge is 2.24. The second-order valence-electron chi connectivity index (χ2n) is 5.12. The fraction of sp³-hybridized carbons (Fsp3) is 0.176. The van der Waals surface area contributed by atoms with E-state index in [9.17, 15) is 19.7 Å². The van der Waals surface area contributed by atoms with Crippen LogP contribution in [0, 0.1) is 28.5 Å². The number of nitrogens with one attached hydrogen (secondary N) is 1. The van der Waals surface area contributed by atoms with Gasteiger partial charge in [-0.1, -0.05) is 18.2 Å². The first-order chi connectivity index (χ1) is 11.9. The molecule has 1 aromatic carbocycles. The Morgan fingerprint density at radius 1 is 1.24 bits per heavy atom. The highest BCUT2D eigenvalue weighted by Crippen LogP contribution is 2.37. The summed E-state index contributed by atoms with van der Waals surface area (Å²) in [7, 11) is 4.32. The number of hydrogen-bond donors (Lipinski definition) is 1. The standard InChI is InChI=1S/C17H14FN5O2/c1-23(2)17(24)22-15-11(8-19)14(10-6-4-5-7-13(10)18)12(9-20)16(21-15)25-3/h4-7H,1-3H3,(H,21,22,24). The van der Waals surface area contributed by atoms with Crippen molar-refractivity contribution in [3.63, 3.8) is 0 Å². The Balaban J connectivity index is 2.84. The molecule has 8 heteroatoms. The molecule has 1 N–H and O–H groups in total. The molecule has 0 spiro atoms. The number of carbonyl (C=O) groups excluding carboxylic acids is 1. The third-order valence-corrected chi connectivity index (χ3v) is 3.36. The van der Waals surface area contributed by atoms with Gasteiger partial charge in [-0.2, -0.15) is 15.5 Å². The van der Waals surface area contributed by atoms with Gasteiger partial charge in [-0.15, -0.1) is 0 Å². The lowest BCUT2D eigenvalue weighted by Gasteiger charge is -2.17. The number of rotatable bonds is 3. The minimum absolute atomic E-state index is 0.0176. The van der Waals surface area contributed by atoms with Gasteiger partial charge in [0.25, 0.3) is 0 Å². The lowest BCUT2D eigenvalue weighted by molar-refractivity contribution is 0.230. The third kappa shape index (κ3) is 3.33. The van der Waals surface area contributed by atoms with Gasteiger partial charge in [0, 0.05) is 25.2 Å². The molecule has 7 nitrogen and oxygen atoms in total. The molecule has 0 atom stereocenters. The largest absolute Gasteiger partial charge is 0.480 e. The molecule has 126 valence electrons. The zero-order chi connectivity index (χ0) is 18.6. The summed E-state index contributed by atoms with van der Waals surface area (Å²) in [5, 5.41) is 21.5. The van der Waals surface area contributed by atoms with Gasteiger partial charge < -0.3 is 9.64 Å². The Kier molecular flexibility index (Phi) is 5.15. The van der Waals surface area contributed by atoms with Gasteiger partial charge in [0.15, 0.2) is 5.82 Å². The number of hydrogen-bond acceptors (Lipinski definition) is 5. The van der Waals surface area contributed by atoms with E-state index in [2.05, 4.69) is 10.3 Å². The van der Waals surface area contributed by atoms with E-state index >= 15 is 0 Å². The summed E-state index contributed by atoms with van der Waals surface area (Å²) in [5.41, 5.74) is -0.162. The van der Waals surface area contributed by atoms with E-state index in [-0.39, 0.29) is 34.0 Å². The SMILES string of the molecule is COc1nc(NC(=O)N(C)C)c(C#N)c(-c2ccccc2F)c1C#N. The number of methoxy groups -OCH3 is 1. The van der Waals surface area contributed by atoms with Crippen molar-refractivity contribution in [2.75, 3.05) is 26.5 Å². The minimum atomic E-state index is -0.617. The van der Waals surface area contributed by atoms with E-state index in [1.54, 1.807) is 6.07 Å². The summed E-state index contributed by atoms with van der Waals surface area (Å²) >= 11 is 0. The molecule has 1 aromatic heterocycles. The maximum Gasteiger partial charge on any atom is 0.322 e. The van der Waals surface area contributed by atoms with Crippen LogP contribution in [0.3, 0.4) is 0 Å². The van der Waals surface area contributed by atoms with Crippen molar-refractivity contribution in [1.29, 1.82) is 10.5 Å². The highest BCUT2D eigenvalue weighted by atomic mass is 19.1.